The summed E-state index contributed by atoms with van der Waals surface area (Å²) in [6.07, 6.45) is 8.44. The summed E-state index contributed by atoms with van der Waals surface area (Å²) in [6.45, 7) is 14.5. The fourth-order valence-electron chi connectivity index (χ4n) is 4.38. The maximum absolute atomic E-state index is 3.83. The van der Waals surface area contributed by atoms with Crippen LogP contribution in [0.15, 0.2) is 0 Å². The Morgan fingerprint density at radius 3 is 2.30 bits per heavy atom. The largest absolute Gasteiger partial charge is 0.311 e. The van der Waals surface area contributed by atoms with Gasteiger partial charge in [0, 0.05) is 30.7 Å². The Kier molecular flexibility index (Phi) is 5.53. The second-order valence-corrected chi connectivity index (χ2v) is 8.26. The SMILES string of the molecule is CC(C)CC1CN(C2(C)CCCCC2)C(C(C)C)CN1. The fraction of sp³-hybridized carbons (Fsp3) is 1.00. The zero-order valence-corrected chi connectivity index (χ0v) is 14.4. The van der Waals surface area contributed by atoms with Crippen molar-refractivity contribution < 1.29 is 0 Å². The van der Waals surface area contributed by atoms with Gasteiger partial charge in [-0.15, -0.1) is 0 Å². The Hall–Kier alpha value is -0.0800. The number of nitrogens with zero attached hydrogens (tertiary/aromatic N) is 1. The average Bonchev–Trinajstić information content (AvgIpc) is 2.38. The van der Waals surface area contributed by atoms with Crippen molar-refractivity contribution in [1.29, 1.82) is 0 Å². The molecule has 0 aromatic heterocycles. The Morgan fingerprint density at radius 1 is 1.10 bits per heavy atom. The second-order valence-electron chi connectivity index (χ2n) is 8.26. The van der Waals surface area contributed by atoms with E-state index in [0.29, 0.717) is 11.6 Å². The fourth-order valence-corrected chi connectivity index (χ4v) is 4.38. The lowest BCUT2D eigenvalue weighted by Crippen LogP contribution is -2.65. The van der Waals surface area contributed by atoms with Crippen LogP contribution in [0.5, 0.6) is 0 Å². The van der Waals surface area contributed by atoms with Crippen LogP contribution in [0.25, 0.3) is 0 Å². The number of hydrogen-bond acceptors (Lipinski definition) is 2. The zero-order chi connectivity index (χ0) is 14.8. The predicted octanol–water partition coefficient (Wildman–Crippen LogP) is 4.05. The zero-order valence-electron chi connectivity index (χ0n) is 14.4. The van der Waals surface area contributed by atoms with E-state index < -0.39 is 0 Å². The molecule has 0 aromatic rings. The summed E-state index contributed by atoms with van der Waals surface area (Å²) in [4.78, 5) is 2.90. The summed E-state index contributed by atoms with van der Waals surface area (Å²) < 4.78 is 0. The van der Waals surface area contributed by atoms with Crippen molar-refractivity contribution in [2.75, 3.05) is 13.1 Å². The third kappa shape index (κ3) is 3.76. The number of hydrogen-bond donors (Lipinski definition) is 1. The van der Waals surface area contributed by atoms with E-state index in [9.17, 15) is 0 Å². The molecule has 118 valence electrons. The molecule has 2 nitrogen and oxygen atoms in total. The van der Waals surface area contributed by atoms with Crippen molar-refractivity contribution in [3.05, 3.63) is 0 Å². The maximum atomic E-state index is 3.83. The van der Waals surface area contributed by atoms with Gasteiger partial charge in [0.15, 0.2) is 0 Å². The van der Waals surface area contributed by atoms with E-state index >= 15 is 0 Å². The van der Waals surface area contributed by atoms with E-state index in [1.165, 1.54) is 51.6 Å². The van der Waals surface area contributed by atoms with E-state index in [0.717, 1.165) is 17.9 Å². The number of piperazine rings is 1. The van der Waals surface area contributed by atoms with Gasteiger partial charge in [-0.25, -0.2) is 0 Å². The highest BCUT2D eigenvalue weighted by atomic mass is 15.3. The van der Waals surface area contributed by atoms with Crippen molar-refractivity contribution in [3.8, 4) is 0 Å². The standard InChI is InChI=1S/C18H36N2/c1-14(2)11-16-13-20(17(12-19-16)15(3)4)18(5)9-7-6-8-10-18/h14-17,19H,6-13H2,1-5H3. The molecule has 20 heavy (non-hydrogen) atoms. The van der Waals surface area contributed by atoms with Crippen LogP contribution in [0.4, 0.5) is 0 Å². The molecule has 0 amide bonds. The van der Waals surface area contributed by atoms with Gasteiger partial charge in [0.25, 0.3) is 0 Å². The molecular formula is C18H36N2. The first-order valence-corrected chi connectivity index (χ1v) is 8.92. The Bertz CT molecular complexity index is 292. The average molecular weight is 280 g/mol. The highest BCUT2D eigenvalue weighted by Crippen LogP contribution is 2.37. The molecule has 2 heteroatoms. The molecule has 2 atom stereocenters. The van der Waals surface area contributed by atoms with Crippen LogP contribution in [-0.2, 0) is 0 Å². The molecule has 0 bridgehead atoms. The van der Waals surface area contributed by atoms with Crippen LogP contribution >= 0.6 is 0 Å². The minimum absolute atomic E-state index is 0.463. The summed E-state index contributed by atoms with van der Waals surface area (Å²) in [6, 6.07) is 1.42. The molecule has 1 N–H and O–H groups in total. The molecule has 2 rings (SSSR count). The van der Waals surface area contributed by atoms with E-state index in [4.69, 9.17) is 0 Å². The van der Waals surface area contributed by atoms with Crippen molar-refractivity contribution in [1.82, 2.24) is 10.2 Å². The number of rotatable bonds is 4. The van der Waals surface area contributed by atoms with Crippen LogP contribution in [0.3, 0.4) is 0 Å². The van der Waals surface area contributed by atoms with Crippen molar-refractivity contribution in [2.45, 2.75) is 90.8 Å². The van der Waals surface area contributed by atoms with E-state index in [1.807, 2.05) is 0 Å². The van der Waals surface area contributed by atoms with Gasteiger partial charge >= 0.3 is 0 Å². The van der Waals surface area contributed by atoms with Gasteiger partial charge in [-0.1, -0.05) is 47.0 Å². The van der Waals surface area contributed by atoms with Crippen LogP contribution in [0, 0.1) is 11.8 Å². The van der Waals surface area contributed by atoms with Crippen molar-refractivity contribution in [2.24, 2.45) is 11.8 Å². The molecule has 0 spiro atoms. The van der Waals surface area contributed by atoms with Gasteiger partial charge < -0.3 is 5.32 Å². The van der Waals surface area contributed by atoms with E-state index in [1.54, 1.807) is 0 Å². The molecule has 2 unspecified atom stereocenters. The molecule has 0 aromatic carbocycles. The first-order valence-electron chi connectivity index (χ1n) is 8.92. The van der Waals surface area contributed by atoms with Crippen molar-refractivity contribution >= 4 is 0 Å². The molecular weight excluding hydrogens is 244 g/mol. The quantitative estimate of drug-likeness (QED) is 0.835. The summed E-state index contributed by atoms with van der Waals surface area (Å²) in [5.41, 5.74) is 0.463. The summed E-state index contributed by atoms with van der Waals surface area (Å²) >= 11 is 0. The first kappa shape index (κ1) is 16.3. The van der Waals surface area contributed by atoms with Gasteiger partial charge in [-0.05, 0) is 38.0 Å². The minimum Gasteiger partial charge on any atom is -0.311 e. The first-order chi connectivity index (χ1) is 9.42. The summed E-state index contributed by atoms with van der Waals surface area (Å²) in [5.74, 6) is 1.55. The molecule has 2 aliphatic rings. The van der Waals surface area contributed by atoms with Gasteiger partial charge in [0.2, 0.25) is 0 Å². The van der Waals surface area contributed by atoms with Crippen molar-refractivity contribution in [3.63, 3.8) is 0 Å². The lowest BCUT2D eigenvalue weighted by molar-refractivity contribution is -0.0220. The van der Waals surface area contributed by atoms with Gasteiger partial charge in [-0.2, -0.15) is 0 Å². The molecule has 1 saturated heterocycles. The highest BCUT2D eigenvalue weighted by molar-refractivity contribution is 4.98. The number of nitrogens with one attached hydrogen (secondary N) is 1. The maximum Gasteiger partial charge on any atom is 0.0249 e. The molecule has 2 fully saturated rings. The lowest BCUT2D eigenvalue weighted by Gasteiger charge is -2.53. The second kappa shape index (κ2) is 6.79. The third-order valence-electron chi connectivity index (χ3n) is 5.58. The van der Waals surface area contributed by atoms with Crippen LogP contribution in [-0.4, -0.2) is 35.6 Å². The summed E-state index contributed by atoms with van der Waals surface area (Å²) in [5, 5.41) is 3.83. The van der Waals surface area contributed by atoms with E-state index in [-0.39, 0.29) is 0 Å². The van der Waals surface area contributed by atoms with Gasteiger partial charge in [0.05, 0.1) is 0 Å². The molecule has 1 saturated carbocycles. The van der Waals surface area contributed by atoms with Gasteiger partial charge in [-0.3, -0.25) is 4.90 Å². The Labute approximate surface area is 126 Å². The van der Waals surface area contributed by atoms with Gasteiger partial charge in [0.1, 0.15) is 0 Å². The third-order valence-corrected chi connectivity index (χ3v) is 5.58. The predicted molar refractivity (Wildman–Crippen MR) is 88.1 cm³/mol. The Balaban J connectivity index is 2.09. The van der Waals surface area contributed by atoms with Crippen LogP contribution in [0.1, 0.15) is 73.1 Å². The Morgan fingerprint density at radius 2 is 1.75 bits per heavy atom. The normalized spacial score (nSPS) is 31.9. The van der Waals surface area contributed by atoms with E-state index in [2.05, 4.69) is 44.8 Å². The molecule has 0 radical (unpaired) electrons. The topological polar surface area (TPSA) is 15.3 Å². The monoisotopic (exact) mass is 280 g/mol. The lowest BCUT2D eigenvalue weighted by atomic mass is 9.78. The highest BCUT2D eigenvalue weighted by Gasteiger charge is 2.41. The molecule has 1 aliphatic heterocycles. The summed E-state index contributed by atoms with van der Waals surface area (Å²) in [7, 11) is 0. The molecule has 1 heterocycles. The van der Waals surface area contributed by atoms with Crippen LogP contribution in [0.2, 0.25) is 0 Å². The molecule has 1 aliphatic carbocycles. The smallest absolute Gasteiger partial charge is 0.0249 e. The van der Waals surface area contributed by atoms with Crippen LogP contribution < -0.4 is 5.32 Å². The minimum atomic E-state index is 0.463.